The lowest BCUT2D eigenvalue weighted by Gasteiger charge is -2.14. The van der Waals surface area contributed by atoms with Gasteiger partial charge < -0.3 is 15.4 Å². The molecule has 0 spiro atoms. The second-order valence-corrected chi connectivity index (χ2v) is 5.21. The van der Waals surface area contributed by atoms with Crippen LogP contribution >= 0.6 is 0 Å². The number of methoxy groups -OCH3 is 1. The smallest absolute Gasteiger partial charge is 0.315 e. The van der Waals surface area contributed by atoms with Crippen LogP contribution in [0.1, 0.15) is 30.9 Å². The van der Waals surface area contributed by atoms with E-state index in [1.807, 2.05) is 24.3 Å². The molecule has 0 aromatic heterocycles. The van der Waals surface area contributed by atoms with Crippen molar-refractivity contribution in [1.82, 2.24) is 10.6 Å². The van der Waals surface area contributed by atoms with Gasteiger partial charge in [0.1, 0.15) is 0 Å². The molecule has 1 fully saturated rings. The maximum absolute atomic E-state index is 11.7. The van der Waals surface area contributed by atoms with Gasteiger partial charge in [0.2, 0.25) is 0 Å². The zero-order valence-electron chi connectivity index (χ0n) is 11.6. The summed E-state index contributed by atoms with van der Waals surface area (Å²) >= 11 is 0. The Hall–Kier alpha value is -1.55. The molecule has 0 saturated heterocycles. The Morgan fingerprint density at radius 3 is 2.84 bits per heavy atom. The van der Waals surface area contributed by atoms with Gasteiger partial charge in [0.15, 0.2) is 0 Å². The molecule has 104 valence electrons. The maximum atomic E-state index is 11.7. The molecule has 0 radical (unpaired) electrons. The number of amides is 2. The van der Waals surface area contributed by atoms with E-state index in [9.17, 15) is 4.79 Å². The molecule has 19 heavy (non-hydrogen) atoms. The highest BCUT2D eigenvalue weighted by Gasteiger charge is 2.28. The second kappa shape index (κ2) is 6.57. The van der Waals surface area contributed by atoms with Gasteiger partial charge in [0.25, 0.3) is 0 Å². The number of carbonyl (C=O) groups is 1. The van der Waals surface area contributed by atoms with Gasteiger partial charge in [-0.1, -0.05) is 24.3 Å². The Balaban J connectivity index is 1.77. The highest BCUT2D eigenvalue weighted by atomic mass is 16.5. The van der Waals surface area contributed by atoms with E-state index in [0.29, 0.717) is 19.1 Å². The number of carbonyl (C=O) groups excluding carboxylic acids is 1. The van der Waals surface area contributed by atoms with Crippen LogP contribution in [0.2, 0.25) is 0 Å². The van der Waals surface area contributed by atoms with Crippen LogP contribution in [-0.4, -0.2) is 19.2 Å². The zero-order chi connectivity index (χ0) is 13.7. The standard InChI is InChI=1S/C15H22N2O2/c1-11(14-6-7-14)17-15(18)16-9-12-4-3-5-13(8-12)10-19-2/h3-5,8,11,14H,6-7,9-10H2,1-2H3,(H2,16,17,18). The van der Waals surface area contributed by atoms with Crippen LogP contribution < -0.4 is 10.6 Å². The molecule has 0 heterocycles. The summed E-state index contributed by atoms with van der Waals surface area (Å²) in [5.41, 5.74) is 2.21. The summed E-state index contributed by atoms with van der Waals surface area (Å²) in [7, 11) is 1.68. The van der Waals surface area contributed by atoms with Crippen LogP contribution in [0, 0.1) is 5.92 Å². The highest BCUT2D eigenvalue weighted by molar-refractivity contribution is 5.74. The fourth-order valence-corrected chi connectivity index (χ4v) is 2.15. The highest BCUT2D eigenvalue weighted by Crippen LogP contribution is 2.32. The van der Waals surface area contributed by atoms with Gasteiger partial charge in [-0.3, -0.25) is 0 Å². The van der Waals surface area contributed by atoms with E-state index >= 15 is 0 Å². The van der Waals surface area contributed by atoms with E-state index in [2.05, 4.69) is 17.6 Å². The van der Waals surface area contributed by atoms with Crippen molar-refractivity contribution in [3.63, 3.8) is 0 Å². The molecule has 2 rings (SSSR count). The quantitative estimate of drug-likeness (QED) is 0.827. The van der Waals surface area contributed by atoms with Gasteiger partial charge in [0, 0.05) is 19.7 Å². The van der Waals surface area contributed by atoms with Crippen molar-refractivity contribution >= 4 is 6.03 Å². The average molecular weight is 262 g/mol. The normalized spacial score (nSPS) is 15.9. The Labute approximate surface area is 114 Å². The fourth-order valence-electron chi connectivity index (χ4n) is 2.15. The van der Waals surface area contributed by atoms with E-state index in [-0.39, 0.29) is 12.1 Å². The first-order valence-electron chi connectivity index (χ1n) is 6.80. The molecule has 0 aliphatic heterocycles. The lowest BCUT2D eigenvalue weighted by atomic mass is 10.1. The Kier molecular flexibility index (Phi) is 4.80. The SMILES string of the molecule is COCc1cccc(CNC(=O)NC(C)C2CC2)c1. The number of benzene rings is 1. The monoisotopic (exact) mass is 262 g/mol. The number of hydrogen-bond acceptors (Lipinski definition) is 2. The average Bonchev–Trinajstić information content (AvgIpc) is 3.21. The van der Waals surface area contributed by atoms with Crippen LogP contribution in [0.3, 0.4) is 0 Å². The number of nitrogens with one attached hydrogen (secondary N) is 2. The summed E-state index contributed by atoms with van der Waals surface area (Å²) in [6.07, 6.45) is 2.47. The van der Waals surface area contributed by atoms with Crippen molar-refractivity contribution in [2.75, 3.05) is 7.11 Å². The predicted molar refractivity (Wildman–Crippen MR) is 74.7 cm³/mol. The first-order valence-corrected chi connectivity index (χ1v) is 6.80. The topological polar surface area (TPSA) is 50.4 Å². The summed E-state index contributed by atoms with van der Waals surface area (Å²) in [5, 5.41) is 5.87. The van der Waals surface area contributed by atoms with Crippen molar-refractivity contribution in [2.24, 2.45) is 5.92 Å². The zero-order valence-corrected chi connectivity index (χ0v) is 11.6. The van der Waals surface area contributed by atoms with E-state index in [1.165, 1.54) is 12.8 Å². The van der Waals surface area contributed by atoms with E-state index < -0.39 is 0 Å². The molecule has 2 N–H and O–H groups in total. The van der Waals surface area contributed by atoms with Crippen molar-refractivity contribution in [1.29, 1.82) is 0 Å². The fraction of sp³-hybridized carbons (Fsp3) is 0.533. The van der Waals surface area contributed by atoms with Crippen molar-refractivity contribution in [3.8, 4) is 0 Å². The first kappa shape index (κ1) is 13.9. The summed E-state index contributed by atoms with van der Waals surface area (Å²) in [6, 6.07) is 8.24. The third-order valence-electron chi connectivity index (χ3n) is 3.44. The summed E-state index contributed by atoms with van der Waals surface area (Å²) in [6.45, 7) is 3.20. The molecule has 2 amide bonds. The lowest BCUT2D eigenvalue weighted by molar-refractivity contribution is 0.185. The van der Waals surface area contributed by atoms with Gasteiger partial charge in [0.05, 0.1) is 6.61 Å². The Morgan fingerprint density at radius 2 is 2.16 bits per heavy atom. The maximum Gasteiger partial charge on any atom is 0.315 e. The van der Waals surface area contributed by atoms with Crippen LogP contribution in [0.25, 0.3) is 0 Å². The van der Waals surface area contributed by atoms with Crippen molar-refractivity contribution in [2.45, 2.75) is 39.0 Å². The minimum atomic E-state index is -0.0865. The minimum absolute atomic E-state index is 0.0865. The molecule has 1 aromatic carbocycles. The van der Waals surface area contributed by atoms with Crippen LogP contribution in [0.15, 0.2) is 24.3 Å². The summed E-state index contributed by atoms with van der Waals surface area (Å²) < 4.78 is 5.09. The number of rotatable bonds is 6. The number of hydrogen-bond donors (Lipinski definition) is 2. The molecule has 1 atom stereocenters. The molecule has 1 saturated carbocycles. The Morgan fingerprint density at radius 1 is 1.42 bits per heavy atom. The number of urea groups is 1. The molecule has 4 heteroatoms. The predicted octanol–water partition coefficient (Wildman–Crippen LogP) is 2.43. The van der Waals surface area contributed by atoms with Crippen LogP contribution in [-0.2, 0) is 17.9 Å². The van der Waals surface area contributed by atoms with Gasteiger partial charge in [-0.2, -0.15) is 0 Å². The Bertz CT molecular complexity index is 430. The first-order chi connectivity index (χ1) is 9.19. The molecular weight excluding hydrogens is 240 g/mol. The van der Waals surface area contributed by atoms with Gasteiger partial charge in [-0.05, 0) is 36.8 Å². The molecule has 1 aliphatic rings. The van der Waals surface area contributed by atoms with Gasteiger partial charge >= 0.3 is 6.03 Å². The summed E-state index contributed by atoms with van der Waals surface area (Å²) in [5.74, 6) is 0.677. The van der Waals surface area contributed by atoms with Crippen molar-refractivity contribution < 1.29 is 9.53 Å². The molecule has 1 unspecified atom stereocenters. The van der Waals surface area contributed by atoms with E-state index in [0.717, 1.165) is 11.1 Å². The van der Waals surface area contributed by atoms with E-state index in [4.69, 9.17) is 4.74 Å². The lowest BCUT2D eigenvalue weighted by Crippen LogP contribution is -2.41. The molecule has 4 nitrogen and oxygen atoms in total. The number of ether oxygens (including phenoxy) is 1. The van der Waals surface area contributed by atoms with Gasteiger partial charge in [-0.15, -0.1) is 0 Å². The largest absolute Gasteiger partial charge is 0.380 e. The molecule has 0 bridgehead atoms. The van der Waals surface area contributed by atoms with Crippen LogP contribution in [0.4, 0.5) is 4.79 Å². The molecule has 1 aromatic rings. The van der Waals surface area contributed by atoms with Gasteiger partial charge in [-0.25, -0.2) is 4.79 Å². The summed E-state index contributed by atoms with van der Waals surface area (Å²) in [4.78, 5) is 11.7. The second-order valence-electron chi connectivity index (χ2n) is 5.21. The van der Waals surface area contributed by atoms with Crippen molar-refractivity contribution in [3.05, 3.63) is 35.4 Å². The molecule has 1 aliphatic carbocycles. The molecular formula is C15H22N2O2. The third kappa shape index (κ3) is 4.56. The van der Waals surface area contributed by atoms with E-state index in [1.54, 1.807) is 7.11 Å². The minimum Gasteiger partial charge on any atom is -0.380 e. The third-order valence-corrected chi connectivity index (χ3v) is 3.44. The van der Waals surface area contributed by atoms with Crippen LogP contribution in [0.5, 0.6) is 0 Å².